The van der Waals surface area contributed by atoms with E-state index in [0.29, 0.717) is 18.5 Å². The second kappa shape index (κ2) is 6.95. The van der Waals surface area contributed by atoms with E-state index in [-0.39, 0.29) is 22.5 Å². The first kappa shape index (κ1) is 15.1. The van der Waals surface area contributed by atoms with Crippen molar-refractivity contribution in [2.75, 3.05) is 0 Å². The number of benzene rings is 2. The smallest absolute Gasteiger partial charge is 0.273 e. The fourth-order valence-electron chi connectivity index (χ4n) is 2.21. The third kappa shape index (κ3) is 4.36. The molecule has 2 rings (SSSR count). The third-order valence-corrected chi connectivity index (χ3v) is 3.26. The van der Waals surface area contributed by atoms with Crippen LogP contribution in [-0.2, 0) is 13.0 Å². The Morgan fingerprint density at radius 2 is 2.00 bits per heavy atom. The van der Waals surface area contributed by atoms with E-state index < -0.39 is 0 Å². The third-order valence-electron chi connectivity index (χ3n) is 3.26. The first-order valence-electron chi connectivity index (χ1n) is 6.76. The van der Waals surface area contributed by atoms with Crippen LogP contribution < -0.4 is 5.32 Å². The molecule has 0 aliphatic rings. The lowest BCUT2D eigenvalue weighted by Crippen LogP contribution is -2.27. The Hall–Kier alpha value is -2.27. The highest BCUT2D eigenvalue weighted by Crippen LogP contribution is 2.17. The van der Waals surface area contributed by atoms with Gasteiger partial charge in [0.2, 0.25) is 0 Å². The number of hydrogen-bond donors (Lipinski definition) is 1. The van der Waals surface area contributed by atoms with Gasteiger partial charge in [0.25, 0.3) is 5.69 Å². The summed E-state index contributed by atoms with van der Waals surface area (Å²) in [6.07, 6.45) is 0.665. The topological polar surface area (TPSA) is 55.2 Å². The van der Waals surface area contributed by atoms with E-state index in [9.17, 15) is 14.5 Å². The van der Waals surface area contributed by atoms with Gasteiger partial charge in [0.15, 0.2) is 0 Å². The van der Waals surface area contributed by atoms with E-state index in [2.05, 4.69) is 5.32 Å². The summed E-state index contributed by atoms with van der Waals surface area (Å²) in [6.45, 7) is 2.38. The number of nitro benzene ring substituents is 1. The van der Waals surface area contributed by atoms with Gasteiger partial charge >= 0.3 is 0 Å². The average molecular weight is 288 g/mol. The van der Waals surface area contributed by atoms with Gasteiger partial charge in [-0.3, -0.25) is 10.1 Å². The minimum Gasteiger partial charge on any atom is -0.310 e. The molecule has 0 aromatic heterocycles. The molecule has 2 aromatic rings. The molecule has 0 aliphatic carbocycles. The van der Waals surface area contributed by atoms with Crippen molar-refractivity contribution in [1.82, 2.24) is 5.32 Å². The van der Waals surface area contributed by atoms with Crippen LogP contribution in [0, 0.1) is 15.9 Å². The average Bonchev–Trinajstić information content (AvgIpc) is 2.45. The summed E-state index contributed by atoms with van der Waals surface area (Å²) in [5.41, 5.74) is 1.66. The Bertz CT molecular complexity index is 631. The highest BCUT2D eigenvalue weighted by molar-refractivity contribution is 5.39. The highest BCUT2D eigenvalue weighted by atomic mass is 19.1. The molecule has 110 valence electrons. The zero-order valence-corrected chi connectivity index (χ0v) is 11.8. The fraction of sp³-hybridized carbons (Fsp3) is 0.250. The number of hydrogen-bond acceptors (Lipinski definition) is 3. The van der Waals surface area contributed by atoms with Crippen LogP contribution in [0.2, 0.25) is 0 Å². The quantitative estimate of drug-likeness (QED) is 0.654. The second-order valence-electron chi connectivity index (χ2n) is 5.00. The molecule has 0 radical (unpaired) electrons. The summed E-state index contributed by atoms with van der Waals surface area (Å²) in [6, 6.07) is 13.2. The lowest BCUT2D eigenvalue weighted by molar-refractivity contribution is -0.385. The van der Waals surface area contributed by atoms with E-state index in [1.165, 1.54) is 18.2 Å². The molecular formula is C16H17FN2O2. The fourth-order valence-corrected chi connectivity index (χ4v) is 2.21. The van der Waals surface area contributed by atoms with Crippen LogP contribution in [0.1, 0.15) is 18.1 Å². The first-order valence-corrected chi connectivity index (χ1v) is 6.76. The van der Waals surface area contributed by atoms with Crippen molar-refractivity contribution >= 4 is 5.69 Å². The molecule has 0 bridgehead atoms. The molecule has 0 amide bonds. The van der Waals surface area contributed by atoms with Gasteiger partial charge < -0.3 is 5.32 Å². The van der Waals surface area contributed by atoms with Crippen LogP contribution in [0.3, 0.4) is 0 Å². The molecule has 5 heteroatoms. The second-order valence-corrected chi connectivity index (χ2v) is 5.00. The van der Waals surface area contributed by atoms with E-state index in [1.807, 2.05) is 13.0 Å². The summed E-state index contributed by atoms with van der Waals surface area (Å²) in [7, 11) is 0. The molecular weight excluding hydrogens is 271 g/mol. The molecule has 1 unspecified atom stereocenters. The van der Waals surface area contributed by atoms with Crippen LogP contribution >= 0.6 is 0 Å². The maximum Gasteiger partial charge on any atom is 0.273 e. The molecule has 0 aliphatic heterocycles. The first-order chi connectivity index (χ1) is 10.1. The molecule has 0 heterocycles. The van der Waals surface area contributed by atoms with Crippen molar-refractivity contribution in [2.24, 2.45) is 0 Å². The molecule has 1 N–H and O–H groups in total. The van der Waals surface area contributed by atoms with Crippen LogP contribution in [-0.4, -0.2) is 11.0 Å². The zero-order chi connectivity index (χ0) is 15.2. The van der Waals surface area contributed by atoms with Gasteiger partial charge in [0, 0.05) is 24.2 Å². The standard InChI is InChI=1S/C16H17FN2O2/c1-12(9-13-5-4-7-15(17)10-13)18-11-14-6-2-3-8-16(14)19(20)21/h2-8,10,12,18H,9,11H2,1H3. The normalized spacial score (nSPS) is 12.1. The van der Waals surface area contributed by atoms with Gasteiger partial charge in [-0.25, -0.2) is 4.39 Å². The van der Waals surface area contributed by atoms with Crippen LogP contribution in [0.5, 0.6) is 0 Å². The van der Waals surface area contributed by atoms with Crippen LogP contribution in [0.15, 0.2) is 48.5 Å². The number of nitro groups is 1. The van der Waals surface area contributed by atoms with Crippen molar-refractivity contribution in [3.63, 3.8) is 0 Å². The lowest BCUT2D eigenvalue weighted by Gasteiger charge is -2.14. The largest absolute Gasteiger partial charge is 0.310 e. The summed E-state index contributed by atoms with van der Waals surface area (Å²) < 4.78 is 13.1. The minimum atomic E-state index is -0.381. The summed E-state index contributed by atoms with van der Waals surface area (Å²) in [5.74, 6) is -0.251. The van der Waals surface area contributed by atoms with Gasteiger partial charge in [0.05, 0.1) is 4.92 Å². The summed E-state index contributed by atoms with van der Waals surface area (Å²) >= 11 is 0. The molecule has 21 heavy (non-hydrogen) atoms. The van der Waals surface area contributed by atoms with Crippen LogP contribution in [0.25, 0.3) is 0 Å². The van der Waals surface area contributed by atoms with E-state index in [0.717, 1.165) is 5.56 Å². The Labute approximate surface area is 122 Å². The van der Waals surface area contributed by atoms with Crippen molar-refractivity contribution < 1.29 is 9.31 Å². The van der Waals surface area contributed by atoms with Crippen LogP contribution in [0.4, 0.5) is 10.1 Å². The SMILES string of the molecule is CC(Cc1cccc(F)c1)NCc1ccccc1[N+](=O)[O-]. The Balaban J connectivity index is 1.95. The number of nitrogens with zero attached hydrogens (tertiary/aromatic N) is 1. The van der Waals surface area contributed by atoms with Crippen molar-refractivity contribution in [1.29, 1.82) is 0 Å². The number of halogens is 1. The predicted molar refractivity (Wildman–Crippen MR) is 79.5 cm³/mol. The molecule has 1 atom stereocenters. The molecule has 2 aromatic carbocycles. The van der Waals surface area contributed by atoms with Crippen molar-refractivity contribution in [3.8, 4) is 0 Å². The molecule has 0 saturated carbocycles. The van der Waals surface area contributed by atoms with E-state index in [1.54, 1.807) is 24.3 Å². The van der Waals surface area contributed by atoms with E-state index >= 15 is 0 Å². The number of rotatable bonds is 6. The molecule has 0 fully saturated rings. The van der Waals surface area contributed by atoms with Gasteiger partial charge in [-0.15, -0.1) is 0 Å². The van der Waals surface area contributed by atoms with Gasteiger partial charge in [-0.05, 0) is 31.0 Å². The number of para-hydroxylation sites is 1. The predicted octanol–water partition coefficient (Wildman–Crippen LogP) is 3.45. The Morgan fingerprint density at radius 3 is 2.71 bits per heavy atom. The van der Waals surface area contributed by atoms with E-state index in [4.69, 9.17) is 0 Å². The minimum absolute atomic E-state index is 0.0895. The Kier molecular flexibility index (Phi) is 5.00. The number of nitrogens with one attached hydrogen (secondary N) is 1. The Morgan fingerprint density at radius 1 is 1.24 bits per heavy atom. The van der Waals surface area contributed by atoms with Gasteiger partial charge in [-0.2, -0.15) is 0 Å². The van der Waals surface area contributed by atoms with Crippen molar-refractivity contribution in [3.05, 3.63) is 75.6 Å². The van der Waals surface area contributed by atoms with Crippen molar-refractivity contribution in [2.45, 2.75) is 25.9 Å². The maximum atomic E-state index is 13.1. The highest BCUT2D eigenvalue weighted by Gasteiger charge is 2.13. The van der Waals surface area contributed by atoms with Gasteiger partial charge in [0.1, 0.15) is 5.82 Å². The van der Waals surface area contributed by atoms with Gasteiger partial charge in [-0.1, -0.05) is 30.3 Å². The molecule has 0 saturated heterocycles. The summed E-state index contributed by atoms with van der Waals surface area (Å²) in [4.78, 5) is 10.6. The monoisotopic (exact) mass is 288 g/mol. The lowest BCUT2D eigenvalue weighted by atomic mass is 10.1. The molecule has 0 spiro atoms. The summed E-state index contributed by atoms with van der Waals surface area (Å²) in [5, 5.41) is 14.2. The molecule has 4 nitrogen and oxygen atoms in total. The zero-order valence-electron chi connectivity index (χ0n) is 11.8. The maximum absolute atomic E-state index is 13.1.